The molecule has 2 aliphatic rings. The number of hydrogen-bond acceptors (Lipinski definition) is 6. The van der Waals surface area contributed by atoms with Crippen molar-refractivity contribution in [3.63, 3.8) is 0 Å². The van der Waals surface area contributed by atoms with Crippen LogP contribution in [0, 0.1) is 5.82 Å². The van der Waals surface area contributed by atoms with E-state index in [1.165, 1.54) is 23.5 Å². The van der Waals surface area contributed by atoms with Crippen LogP contribution in [0.1, 0.15) is 49.7 Å². The van der Waals surface area contributed by atoms with Crippen LogP contribution in [0.2, 0.25) is 0 Å². The molecule has 3 heterocycles. The van der Waals surface area contributed by atoms with E-state index in [1.54, 1.807) is 0 Å². The maximum absolute atomic E-state index is 13.9. The first-order valence-electron chi connectivity index (χ1n) is 10.1. The van der Waals surface area contributed by atoms with Crippen molar-refractivity contribution in [1.29, 1.82) is 0 Å². The third kappa shape index (κ3) is 3.59. The molecule has 1 fully saturated rings. The number of aromatic nitrogens is 2. The molecule has 0 unspecified atom stereocenters. The van der Waals surface area contributed by atoms with E-state index in [0.717, 1.165) is 17.3 Å². The van der Waals surface area contributed by atoms with Gasteiger partial charge in [-0.2, -0.15) is 4.31 Å². The van der Waals surface area contributed by atoms with Crippen LogP contribution in [0.4, 0.5) is 4.39 Å². The normalized spacial score (nSPS) is 22.3. The van der Waals surface area contributed by atoms with E-state index >= 15 is 0 Å². The van der Waals surface area contributed by atoms with Gasteiger partial charge >= 0.3 is 0 Å². The van der Waals surface area contributed by atoms with Gasteiger partial charge in [-0.05, 0) is 43.0 Å². The molecule has 4 rings (SSSR count). The first-order chi connectivity index (χ1) is 14.3. The van der Waals surface area contributed by atoms with Gasteiger partial charge in [-0.1, -0.05) is 13.8 Å². The van der Waals surface area contributed by atoms with Gasteiger partial charge < -0.3 is 9.47 Å². The maximum atomic E-state index is 13.9. The van der Waals surface area contributed by atoms with Gasteiger partial charge in [0.2, 0.25) is 10.0 Å². The van der Waals surface area contributed by atoms with Crippen LogP contribution < -0.4 is 4.74 Å². The van der Waals surface area contributed by atoms with Crippen molar-refractivity contribution in [2.45, 2.75) is 49.5 Å². The number of methoxy groups -OCH3 is 1. The second-order valence-corrected chi connectivity index (χ2v) is 9.99. The number of benzene rings is 1. The van der Waals surface area contributed by atoms with Crippen LogP contribution in [0.3, 0.4) is 0 Å². The first-order valence-corrected chi connectivity index (χ1v) is 11.5. The summed E-state index contributed by atoms with van der Waals surface area (Å²) in [5.74, 6) is 0.347. The molecule has 162 valence electrons. The smallest absolute Gasteiger partial charge is 0.246 e. The Kier molecular flexibility index (Phi) is 5.54. The lowest BCUT2D eigenvalue weighted by atomic mass is 9.85. The highest BCUT2D eigenvalue weighted by molar-refractivity contribution is 7.89. The fourth-order valence-corrected chi connectivity index (χ4v) is 5.89. The van der Waals surface area contributed by atoms with E-state index < -0.39 is 21.4 Å². The molecule has 7 nitrogen and oxygen atoms in total. The van der Waals surface area contributed by atoms with Gasteiger partial charge in [0, 0.05) is 25.2 Å². The lowest BCUT2D eigenvalue weighted by Gasteiger charge is -2.44. The van der Waals surface area contributed by atoms with Crippen molar-refractivity contribution in [2.24, 2.45) is 0 Å². The molecular formula is C21H26FN3O4S. The Morgan fingerprint density at radius 1 is 1.33 bits per heavy atom. The van der Waals surface area contributed by atoms with Crippen molar-refractivity contribution in [3.05, 3.63) is 47.3 Å². The van der Waals surface area contributed by atoms with Crippen LogP contribution >= 0.6 is 0 Å². The quantitative estimate of drug-likeness (QED) is 0.734. The number of hydrogen-bond donors (Lipinski definition) is 0. The van der Waals surface area contributed by atoms with Crippen molar-refractivity contribution >= 4 is 10.0 Å². The minimum atomic E-state index is -3.99. The van der Waals surface area contributed by atoms with Crippen LogP contribution in [0.15, 0.2) is 29.3 Å². The second kappa shape index (κ2) is 7.86. The summed E-state index contributed by atoms with van der Waals surface area (Å²) in [5.41, 5.74) is 0.943. The Labute approximate surface area is 176 Å². The van der Waals surface area contributed by atoms with Gasteiger partial charge in [-0.3, -0.25) is 0 Å². The average molecular weight is 436 g/mol. The van der Waals surface area contributed by atoms with Gasteiger partial charge in [0.05, 0.1) is 19.4 Å². The van der Waals surface area contributed by atoms with Crippen molar-refractivity contribution in [3.8, 4) is 5.75 Å². The van der Waals surface area contributed by atoms with Gasteiger partial charge in [-0.15, -0.1) is 0 Å². The molecule has 0 saturated carbocycles. The zero-order chi connectivity index (χ0) is 21.5. The number of fused-ring (bicyclic) bond motifs is 2. The summed E-state index contributed by atoms with van der Waals surface area (Å²) < 4.78 is 53.5. The Morgan fingerprint density at radius 3 is 2.87 bits per heavy atom. The molecule has 0 aliphatic carbocycles. The molecule has 1 saturated heterocycles. The third-order valence-electron chi connectivity index (χ3n) is 5.74. The molecule has 1 aromatic carbocycles. The number of nitrogens with zero attached hydrogens (tertiary/aromatic N) is 3. The van der Waals surface area contributed by atoms with E-state index in [-0.39, 0.29) is 23.1 Å². The highest BCUT2D eigenvalue weighted by Crippen LogP contribution is 2.41. The predicted molar refractivity (Wildman–Crippen MR) is 108 cm³/mol. The second-order valence-electron chi connectivity index (χ2n) is 8.09. The average Bonchev–Trinajstić information content (AvgIpc) is 2.74. The van der Waals surface area contributed by atoms with Gasteiger partial charge in [-0.25, -0.2) is 22.8 Å². The van der Waals surface area contributed by atoms with Crippen LogP contribution in [-0.2, 0) is 26.8 Å². The van der Waals surface area contributed by atoms with Crippen molar-refractivity contribution < 1.29 is 22.3 Å². The molecule has 1 spiro atoms. The van der Waals surface area contributed by atoms with E-state index in [0.29, 0.717) is 38.2 Å². The topological polar surface area (TPSA) is 81.6 Å². The fourth-order valence-electron chi connectivity index (χ4n) is 4.19. The Hall–Kier alpha value is -2.10. The summed E-state index contributed by atoms with van der Waals surface area (Å²) >= 11 is 0. The minimum Gasteiger partial charge on any atom is -0.495 e. The highest BCUT2D eigenvalue weighted by Gasteiger charge is 2.46. The number of rotatable bonds is 4. The first kappa shape index (κ1) is 21.1. The summed E-state index contributed by atoms with van der Waals surface area (Å²) in [4.78, 5) is 9.07. The molecule has 0 bridgehead atoms. The Balaban J connectivity index is 1.75. The van der Waals surface area contributed by atoms with Crippen molar-refractivity contribution in [1.82, 2.24) is 14.3 Å². The van der Waals surface area contributed by atoms with Crippen molar-refractivity contribution in [2.75, 3.05) is 26.8 Å². The monoisotopic (exact) mass is 435 g/mol. The van der Waals surface area contributed by atoms with Gasteiger partial charge in [0.15, 0.2) is 0 Å². The highest BCUT2D eigenvalue weighted by atomic mass is 32.2. The molecule has 2 aliphatic heterocycles. The molecular weight excluding hydrogens is 409 g/mol. The summed E-state index contributed by atoms with van der Waals surface area (Å²) in [7, 11) is -2.62. The van der Waals surface area contributed by atoms with Crippen LogP contribution in [0.5, 0.6) is 5.75 Å². The number of halogens is 1. The predicted octanol–water partition coefficient (Wildman–Crippen LogP) is 3.00. The van der Waals surface area contributed by atoms with Gasteiger partial charge in [0.1, 0.15) is 27.9 Å². The maximum Gasteiger partial charge on any atom is 0.246 e. The Morgan fingerprint density at radius 2 is 2.13 bits per heavy atom. The van der Waals surface area contributed by atoms with Gasteiger partial charge in [0.25, 0.3) is 0 Å². The molecule has 1 atom stereocenters. The van der Waals surface area contributed by atoms with Crippen LogP contribution in [0.25, 0.3) is 0 Å². The van der Waals surface area contributed by atoms with E-state index in [2.05, 4.69) is 4.98 Å². The van der Waals surface area contributed by atoms with E-state index in [9.17, 15) is 12.8 Å². The van der Waals surface area contributed by atoms with E-state index in [4.69, 9.17) is 14.5 Å². The summed E-state index contributed by atoms with van der Waals surface area (Å²) in [6.07, 6.45) is 3.81. The molecule has 0 amide bonds. The SMILES string of the molecule is COc1ccc(F)cc1S(=O)(=O)N1CCC[C@]2(C1)OCCc1cnc(C(C)C)nc12. The summed E-state index contributed by atoms with van der Waals surface area (Å²) in [6.45, 7) is 4.97. The zero-order valence-electron chi connectivity index (χ0n) is 17.4. The zero-order valence-corrected chi connectivity index (χ0v) is 18.2. The summed E-state index contributed by atoms with van der Waals surface area (Å²) in [5, 5.41) is 0. The minimum absolute atomic E-state index is 0.116. The number of sulfonamides is 1. The molecule has 2 aromatic rings. The number of ether oxygens (including phenoxy) is 2. The summed E-state index contributed by atoms with van der Waals surface area (Å²) in [6, 6.07) is 3.51. The molecule has 0 N–H and O–H groups in total. The fraction of sp³-hybridized carbons (Fsp3) is 0.524. The lowest BCUT2D eigenvalue weighted by molar-refractivity contribution is -0.0936. The van der Waals surface area contributed by atoms with Crippen LogP contribution in [-0.4, -0.2) is 49.5 Å². The molecule has 30 heavy (non-hydrogen) atoms. The molecule has 1 aromatic heterocycles. The number of piperidine rings is 1. The standard InChI is InChI=1S/C21H26FN3O4S/c1-14(2)20-23-12-15-7-10-29-21(19(15)24-20)8-4-9-25(13-21)30(26,27)18-11-16(22)5-6-17(18)28-3/h5-6,11-12,14H,4,7-10,13H2,1-3H3/t21-/m1/s1. The third-order valence-corrected chi connectivity index (χ3v) is 7.61. The molecule has 0 radical (unpaired) electrons. The Bertz CT molecular complexity index is 1060. The lowest BCUT2D eigenvalue weighted by Crippen LogP contribution is -2.52. The molecule has 9 heteroatoms. The largest absolute Gasteiger partial charge is 0.495 e. The van der Waals surface area contributed by atoms with E-state index in [1.807, 2.05) is 20.0 Å².